The average Bonchev–Trinajstić information content (AvgIpc) is 2.49. The van der Waals surface area contributed by atoms with E-state index in [0.717, 1.165) is 12.0 Å². The Morgan fingerprint density at radius 2 is 2.22 bits per heavy atom. The number of hydrogen-bond acceptors (Lipinski definition) is 5. The van der Waals surface area contributed by atoms with E-state index >= 15 is 0 Å². The van der Waals surface area contributed by atoms with Gasteiger partial charge in [0.1, 0.15) is 5.82 Å². The third-order valence-corrected chi connectivity index (χ3v) is 4.90. The van der Waals surface area contributed by atoms with Crippen LogP contribution in [0.3, 0.4) is 0 Å². The van der Waals surface area contributed by atoms with Crippen LogP contribution in [-0.2, 0) is 6.42 Å². The number of nitrogens with zero attached hydrogens (tertiary/aromatic N) is 2. The van der Waals surface area contributed by atoms with Crippen LogP contribution in [0.15, 0.2) is 27.9 Å². The number of nitrogens with two attached hydrogens (primary N) is 1. The second-order valence-electron chi connectivity index (χ2n) is 5.35. The van der Waals surface area contributed by atoms with Crippen LogP contribution >= 0.6 is 24.2 Å². The molecule has 8 heteroatoms. The first-order valence-electron chi connectivity index (χ1n) is 7.03. The summed E-state index contributed by atoms with van der Waals surface area (Å²) in [5.41, 5.74) is 4.77. The minimum absolute atomic E-state index is 0.378. The van der Waals surface area contributed by atoms with E-state index < -0.39 is 22.9 Å². The number of rotatable bonds is 2. The summed E-state index contributed by atoms with van der Waals surface area (Å²) in [6.45, 7) is 0. The van der Waals surface area contributed by atoms with Crippen molar-refractivity contribution in [2.24, 2.45) is 5.73 Å². The van der Waals surface area contributed by atoms with Gasteiger partial charge >= 0.3 is 0 Å². The van der Waals surface area contributed by atoms with Gasteiger partial charge < -0.3 is 10.8 Å². The molecule has 2 aromatic rings. The highest BCUT2D eigenvalue weighted by Crippen LogP contribution is 2.36. The molecule has 120 valence electrons. The summed E-state index contributed by atoms with van der Waals surface area (Å²) in [4.78, 5) is 28.7. The molecule has 1 aliphatic rings. The van der Waals surface area contributed by atoms with Gasteiger partial charge in [0.05, 0.1) is 11.1 Å². The number of fused-ring (bicyclic) bond motifs is 1. The van der Waals surface area contributed by atoms with E-state index in [-0.39, 0.29) is 6.04 Å². The Bertz CT molecular complexity index is 866. The zero-order chi connectivity index (χ0) is 16.7. The fourth-order valence-electron chi connectivity index (χ4n) is 2.95. The van der Waals surface area contributed by atoms with Crippen LogP contribution < -0.4 is 11.3 Å². The molecule has 0 saturated carbocycles. The summed E-state index contributed by atoms with van der Waals surface area (Å²) in [7, 11) is 0. The molecule has 1 aromatic carbocycles. The molecule has 1 amide bonds. The highest BCUT2D eigenvalue weighted by molar-refractivity contribution is 7.80. The number of hydrogen-bond donors (Lipinski definition) is 3. The van der Waals surface area contributed by atoms with Crippen LogP contribution in [0.1, 0.15) is 40.6 Å². The van der Waals surface area contributed by atoms with Crippen molar-refractivity contribution in [3.63, 3.8) is 0 Å². The smallest absolute Gasteiger partial charge is 0.270 e. The number of aromatic hydroxyl groups is 1. The maximum atomic E-state index is 12.7. The van der Waals surface area contributed by atoms with E-state index in [1.54, 1.807) is 12.1 Å². The first kappa shape index (κ1) is 15.9. The van der Waals surface area contributed by atoms with E-state index in [2.05, 4.69) is 17.6 Å². The lowest BCUT2D eigenvalue weighted by Crippen LogP contribution is -2.37. The molecule has 1 unspecified atom stereocenters. The average molecular weight is 352 g/mol. The summed E-state index contributed by atoms with van der Waals surface area (Å²) in [5.74, 6) is -1.22. The van der Waals surface area contributed by atoms with Crippen molar-refractivity contribution in [1.29, 1.82) is 0 Å². The van der Waals surface area contributed by atoms with Crippen LogP contribution in [0, 0.1) is 0 Å². The highest BCUT2D eigenvalue weighted by atomic mass is 35.5. The normalized spacial score (nSPS) is 16.9. The Labute approximate surface area is 142 Å². The fraction of sp³-hybridized carbons (Fsp3) is 0.267. The first-order chi connectivity index (χ1) is 10.9. The number of carbonyl (C=O) groups excluding carboxylic acids is 1. The SMILES string of the molecule is NC(=O)c1c(O)nc2n(c1=O)C(c1cccc(S)c1Cl)CCC2. The van der Waals surface area contributed by atoms with Gasteiger partial charge in [0, 0.05) is 11.3 Å². The largest absolute Gasteiger partial charge is 0.493 e. The molecule has 3 N–H and O–H groups in total. The quantitative estimate of drug-likeness (QED) is 0.720. The zero-order valence-corrected chi connectivity index (χ0v) is 13.6. The predicted octanol–water partition coefficient (Wildman–Crippen LogP) is 1.92. The van der Waals surface area contributed by atoms with E-state index in [9.17, 15) is 14.7 Å². The standard InChI is InChI=1S/C15H14ClN3O3S/c16-12-7(3-1-5-9(12)23)8-4-2-6-10-18-14(21)11(13(17)20)15(22)19(8)10/h1,3,5,8,21,23H,2,4,6H2,(H2,17,20). The molecule has 1 atom stereocenters. The lowest BCUT2D eigenvalue weighted by molar-refractivity contribution is 0.0994. The fourth-order valence-corrected chi connectivity index (χ4v) is 3.42. The Balaban J connectivity index is 2.27. The molecule has 1 aromatic heterocycles. The maximum Gasteiger partial charge on any atom is 0.270 e. The highest BCUT2D eigenvalue weighted by Gasteiger charge is 2.29. The van der Waals surface area contributed by atoms with Crippen molar-refractivity contribution >= 4 is 30.1 Å². The number of thiol groups is 1. The Hall–Kier alpha value is -1.99. The molecule has 0 radical (unpaired) electrons. The summed E-state index contributed by atoms with van der Waals surface area (Å²) in [6.07, 6.45) is 1.96. The minimum atomic E-state index is -1.01. The molecule has 2 heterocycles. The number of benzene rings is 1. The van der Waals surface area contributed by atoms with Gasteiger partial charge in [-0.05, 0) is 24.5 Å². The van der Waals surface area contributed by atoms with Crippen LogP contribution in [0.25, 0.3) is 0 Å². The predicted molar refractivity (Wildman–Crippen MR) is 88.5 cm³/mol. The number of carbonyl (C=O) groups is 1. The van der Waals surface area contributed by atoms with Gasteiger partial charge in [0.15, 0.2) is 5.56 Å². The molecule has 3 rings (SSSR count). The number of aromatic nitrogens is 2. The van der Waals surface area contributed by atoms with Crippen LogP contribution in [-0.4, -0.2) is 20.6 Å². The first-order valence-corrected chi connectivity index (χ1v) is 7.86. The molecule has 0 aliphatic carbocycles. The summed E-state index contributed by atoms with van der Waals surface area (Å²) >= 11 is 10.6. The topological polar surface area (TPSA) is 98.2 Å². The molecule has 0 spiro atoms. The van der Waals surface area contributed by atoms with E-state index in [0.29, 0.717) is 28.6 Å². The molecule has 1 aliphatic heterocycles. The monoisotopic (exact) mass is 351 g/mol. The van der Waals surface area contributed by atoms with Crippen molar-refractivity contribution in [2.45, 2.75) is 30.2 Å². The molecule has 6 nitrogen and oxygen atoms in total. The third-order valence-electron chi connectivity index (χ3n) is 3.97. The van der Waals surface area contributed by atoms with Gasteiger partial charge in [-0.1, -0.05) is 23.7 Å². The van der Waals surface area contributed by atoms with Crippen LogP contribution in [0.5, 0.6) is 5.88 Å². The molecule has 0 fully saturated rings. The van der Waals surface area contributed by atoms with Gasteiger partial charge in [-0.25, -0.2) is 0 Å². The van der Waals surface area contributed by atoms with Gasteiger partial charge in [0.25, 0.3) is 11.5 Å². The molecular weight excluding hydrogens is 338 g/mol. The van der Waals surface area contributed by atoms with E-state index in [4.69, 9.17) is 17.3 Å². The maximum absolute atomic E-state index is 12.7. The zero-order valence-electron chi connectivity index (χ0n) is 12.0. The second-order valence-corrected chi connectivity index (χ2v) is 6.21. The third kappa shape index (κ3) is 2.60. The Kier molecular flexibility index (Phi) is 4.08. The molecule has 0 saturated heterocycles. The summed E-state index contributed by atoms with van der Waals surface area (Å²) in [6, 6.07) is 4.99. The van der Waals surface area contributed by atoms with Crippen LogP contribution in [0.4, 0.5) is 0 Å². The minimum Gasteiger partial charge on any atom is -0.493 e. The number of amides is 1. The summed E-state index contributed by atoms with van der Waals surface area (Å²) < 4.78 is 1.40. The summed E-state index contributed by atoms with van der Waals surface area (Å²) in [5, 5.41) is 10.3. The number of halogens is 1. The number of primary amides is 1. The van der Waals surface area contributed by atoms with Crippen molar-refractivity contribution in [3.8, 4) is 5.88 Å². The second kappa shape index (κ2) is 5.90. The lowest BCUT2D eigenvalue weighted by atomic mass is 9.96. The van der Waals surface area contributed by atoms with Crippen molar-refractivity contribution < 1.29 is 9.90 Å². The Morgan fingerprint density at radius 1 is 1.48 bits per heavy atom. The van der Waals surface area contributed by atoms with Gasteiger partial charge in [0.2, 0.25) is 5.88 Å². The van der Waals surface area contributed by atoms with E-state index in [1.807, 2.05) is 6.07 Å². The van der Waals surface area contributed by atoms with Gasteiger partial charge in [-0.15, -0.1) is 12.6 Å². The van der Waals surface area contributed by atoms with Crippen molar-refractivity contribution in [2.75, 3.05) is 0 Å². The molecule has 0 bridgehead atoms. The van der Waals surface area contributed by atoms with E-state index in [1.165, 1.54) is 4.57 Å². The van der Waals surface area contributed by atoms with Crippen molar-refractivity contribution in [3.05, 3.63) is 50.5 Å². The van der Waals surface area contributed by atoms with Gasteiger partial charge in [-0.2, -0.15) is 4.98 Å². The van der Waals surface area contributed by atoms with Crippen LogP contribution in [0.2, 0.25) is 5.02 Å². The van der Waals surface area contributed by atoms with Gasteiger partial charge in [-0.3, -0.25) is 14.2 Å². The molecule has 23 heavy (non-hydrogen) atoms. The Morgan fingerprint density at radius 3 is 2.91 bits per heavy atom. The lowest BCUT2D eigenvalue weighted by Gasteiger charge is -2.28. The van der Waals surface area contributed by atoms with Crippen molar-refractivity contribution in [1.82, 2.24) is 9.55 Å². The number of aryl methyl sites for hydroxylation is 1. The molecular formula is C15H14ClN3O3S.